The molecule has 0 bridgehead atoms. The average Bonchev–Trinajstić information content (AvgIpc) is 2.44. The monoisotopic (exact) mass is 299 g/mol. The Bertz CT molecular complexity index is 506. The summed E-state index contributed by atoms with van der Waals surface area (Å²) in [5.74, 6) is -3.37. The van der Waals surface area contributed by atoms with Gasteiger partial charge in [-0.05, 0) is 30.5 Å². The van der Waals surface area contributed by atoms with Crippen LogP contribution in [0.4, 0.5) is 8.78 Å². The fourth-order valence-electron chi connectivity index (χ4n) is 1.89. The van der Waals surface area contributed by atoms with Crippen molar-refractivity contribution in [3.63, 3.8) is 0 Å². The molecule has 0 aliphatic heterocycles. The zero-order valence-electron chi connectivity index (χ0n) is 11.9. The molecule has 0 aliphatic rings. The largest absolute Gasteiger partial charge is 0.480 e. The zero-order valence-corrected chi connectivity index (χ0v) is 11.9. The van der Waals surface area contributed by atoms with E-state index in [1.807, 2.05) is 6.92 Å². The van der Waals surface area contributed by atoms with Gasteiger partial charge in [-0.15, -0.1) is 0 Å². The summed E-state index contributed by atoms with van der Waals surface area (Å²) in [4.78, 5) is 22.7. The van der Waals surface area contributed by atoms with Gasteiger partial charge >= 0.3 is 5.97 Å². The topological polar surface area (TPSA) is 66.4 Å². The Morgan fingerprint density at radius 3 is 2.57 bits per heavy atom. The molecule has 1 amide bonds. The molecule has 1 aromatic carbocycles. The van der Waals surface area contributed by atoms with Crippen LogP contribution in [0.15, 0.2) is 18.2 Å². The van der Waals surface area contributed by atoms with E-state index in [0.717, 1.165) is 18.6 Å². The molecule has 4 nitrogen and oxygen atoms in total. The van der Waals surface area contributed by atoms with E-state index in [1.54, 1.807) is 0 Å². The third-order valence-corrected chi connectivity index (χ3v) is 3.10. The molecule has 1 atom stereocenters. The quantitative estimate of drug-likeness (QED) is 0.775. The van der Waals surface area contributed by atoms with Gasteiger partial charge in [0.1, 0.15) is 6.04 Å². The van der Waals surface area contributed by atoms with Gasteiger partial charge in [-0.1, -0.05) is 25.8 Å². The average molecular weight is 299 g/mol. The van der Waals surface area contributed by atoms with Crippen LogP contribution >= 0.6 is 0 Å². The summed E-state index contributed by atoms with van der Waals surface area (Å²) in [7, 11) is 0. The molecule has 0 aliphatic carbocycles. The fraction of sp³-hybridized carbons (Fsp3) is 0.467. The molecule has 116 valence electrons. The van der Waals surface area contributed by atoms with Crippen molar-refractivity contribution in [1.82, 2.24) is 5.32 Å². The first-order chi connectivity index (χ1) is 9.93. The first-order valence-electron chi connectivity index (χ1n) is 6.90. The van der Waals surface area contributed by atoms with E-state index in [-0.39, 0.29) is 12.8 Å². The SMILES string of the molecule is CCCCC(NC(=O)CCc1ccc(F)c(F)c1)C(=O)O. The predicted octanol–water partition coefficient (Wildman–Crippen LogP) is 2.66. The van der Waals surface area contributed by atoms with Gasteiger partial charge in [0, 0.05) is 6.42 Å². The van der Waals surface area contributed by atoms with E-state index < -0.39 is 29.6 Å². The molecule has 6 heteroatoms. The highest BCUT2D eigenvalue weighted by molar-refractivity contribution is 5.83. The first kappa shape index (κ1) is 17.1. The van der Waals surface area contributed by atoms with E-state index in [2.05, 4.69) is 5.32 Å². The summed E-state index contributed by atoms with van der Waals surface area (Å²) in [5.41, 5.74) is 0.490. The van der Waals surface area contributed by atoms with Crippen LogP contribution in [0.2, 0.25) is 0 Å². The summed E-state index contributed by atoms with van der Waals surface area (Å²) in [6, 6.07) is 2.54. The number of carbonyl (C=O) groups is 2. The lowest BCUT2D eigenvalue weighted by Crippen LogP contribution is -2.40. The molecule has 0 fully saturated rings. The first-order valence-corrected chi connectivity index (χ1v) is 6.90. The molecule has 1 aromatic rings. The molecule has 0 spiro atoms. The molecule has 0 heterocycles. The summed E-state index contributed by atoms with van der Waals surface area (Å²) in [6.07, 6.45) is 2.18. The highest BCUT2D eigenvalue weighted by Gasteiger charge is 2.18. The standard InChI is InChI=1S/C15H19F2NO3/c1-2-3-4-13(15(20)21)18-14(19)8-6-10-5-7-11(16)12(17)9-10/h5,7,9,13H,2-4,6,8H2,1H3,(H,18,19)(H,20,21). The second-order valence-electron chi connectivity index (χ2n) is 4.85. The molecule has 0 radical (unpaired) electrons. The van der Waals surface area contributed by atoms with E-state index in [9.17, 15) is 18.4 Å². The number of amides is 1. The minimum atomic E-state index is -1.07. The molecule has 1 unspecified atom stereocenters. The van der Waals surface area contributed by atoms with Gasteiger partial charge in [-0.3, -0.25) is 4.79 Å². The molecule has 0 saturated heterocycles. The van der Waals surface area contributed by atoms with Gasteiger partial charge in [0.15, 0.2) is 11.6 Å². The number of hydrogen-bond donors (Lipinski definition) is 2. The van der Waals surface area contributed by atoms with Crippen LogP contribution in [0.25, 0.3) is 0 Å². The van der Waals surface area contributed by atoms with Crippen molar-refractivity contribution in [3.05, 3.63) is 35.4 Å². The number of halogens is 2. The Morgan fingerprint density at radius 1 is 1.29 bits per heavy atom. The molecular formula is C15H19F2NO3. The minimum Gasteiger partial charge on any atom is -0.480 e. The number of carbonyl (C=O) groups excluding carboxylic acids is 1. The van der Waals surface area contributed by atoms with Gasteiger partial charge in [-0.2, -0.15) is 0 Å². The Hall–Kier alpha value is -1.98. The van der Waals surface area contributed by atoms with Gasteiger partial charge in [0.05, 0.1) is 0 Å². The second kappa shape index (κ2) is 8.34. The van der Waals surface area contributed by atoms with Crippen LogP contribution < -0.4 is 5.32 Å². The van der Waals surface area contributed by atoms with Crippen LogP contribution in [0.3, 0.4) is 0 Å². The summed E-state index contributed by atoms with van der Waals surface area (Å²) < 4.78 is 25.8. The number of aryl methyl sites for hydroxylation is 1. The van der Waals surface area contributed by atoms with Crippen LogP contribution in [0.5, 0.6) is 0 Å². The number of hydrogen-bond acceptors (Lipinski definition) is 2. The maximum absolute atomic E-state index is 13.0. The Kier molecular flexibility index (Phi) is 6.78. The normalized spacial score (nSPS) is 12.0. The second-order valence-corrected chi connectivity index (χ2v) is 4.85. The van der Waals surface area contributed by atoms with Crippen LogP contribution in [0.1, 0.15) is 38.2 Å². The molecule has 2 N–H and O–H groups in total. The van der Waals surface area contributed by atoms with Crippen molar-refractivity contribution in [1.29, 1.82) is 0 Å². The van der Waals surface area contributed by atoms with Gasteiger partial charge in [-0.25, -0.2) is 13.6 Å². The number of benzene rings is 1. The smallest absolute Gasteiger partial charge is 0.326 e. The summed E-state index contributed by atoms with van der Waals surface area (Å²) in [6.45, 7) is 1.93. The molecule has 0 aromatic heterocycles. The van der Waals surface area contributed by atoms with Crippen LogP contribution in [0, 0.1) is 11.6 Å². The molecule has 0 saturated carbocycles. The molecule has 1 rings (SSSR count). The van der Waals surface area contributed by atoms with Crippen molar-refractivity contribution >= 4 is 11.9 Å². The van der Waals surface area contributed by atoms with Gasteiger partial charge in [0.2, 0.25) is 5.91 Å². The Morgan fingerprint density at radius 2 is 2.00 bits per heavy atom. The third-order valence-electron chi connectivity index (χ3n) is 3.10. The van der Waals surface area contributed by atoms with Crippen molar-refractivity contribution in [2.45, 2.75) is 45.1 Å². The zero-order chi connectivity index (χ0) is 15.8. The van der Waals surface area contributed by atoms with Gasteiger partial charge in [0.25, 0.3) is 0 Å². The number of nitrogens with one attached hydrogen (secondary N) is 1. The van der Waals surface area contributed by atoms with Crippen molar-refractivity contribution in [2.75, 3.05) is 0 Å². The lowest BCUT2D eigenvalue weighted by Gasteiger charge is -2.14. The van der Waals surface area contributed by atoms with Crippen molar-refractivity contribution in [3.8, 4) is 0 Å². The maximum Gasteiger partial charge on any atom is 0.326 e. The highest BCUT2D eigenvalue weighted by atomic mass is 19.2. The lowest BCUT2D eigenvalue weighted by molar-refractivity contribution is -0.142. The van der Waals surface area contributed by atoms with Crippen LogP contribution in [-0.4, -0.2) is 23.0 Å². The Balaban J connectivity index is 2.48. The summed E-state index contributed by atoms with van der Waals surface area (Å²) in [5, 5.41) is 11.4. The number of aliphatic carboxylic acids is 1. The number of carboxylic acid groups (broad SMARTS) is 1. The minimum absolute atomic E-state index is 0.0287. The number of carboxylic acids is 1. The Labute approximate surface area is 122 Å². The molecule has 21 heavy (non-hydrogen) atoms. The van der Waals surface area contributed by atoms with Gasteiger partial charge < -0.3 is 10.4 Å². The third kappa shape index (κ3) is 5.89. The van der Waals surface area contributed by atoms with Crippen molar-refractivity contribution < 1.29 is 23.5 Å². The number of rotatable bonds is 8. The van der Waals surface area contributed by atoms with E-state index in [4.69, 9.17) is 5.11 Å². The summed E-state index contributed by atoms with van der Waals surface area (Å²) >= 11 is 0. The number of unbranched alkanes of at least 4 members (excludes halogenated alkanes) is 1. The predicted molar refractivity (Wildman–Crippen MR) is 73.8 cm³/mol. The van der Waals surface area contributed by atoms with Crippen molar-refractivity contribution in [2.24, 2.45) is 0 Å². The van der Waals surface area contributed by atoms with E-state index in [0.29, 0.717) is 18.4 Å². The van der Waals surface area contributed by atoms with E-state index >= 15 is 0 Å². The highest BCUT2D eigenvalue weighted by Crippen LogP contribution is 2.10. The van der Waals surface area contributed by atoms with Crippen LogP contribution in [-0.2, 0) is 16.0 Å². The maximum atomic E-state index is 13.0. The fourth-order valence-corrected chi connectivity index (χ4v) is 1.89. The lowest BCUT2D eigenvalue weighted by atomic mass is 10.1. The van der Waals surface area contributed by atoms with E-state index in [1.165, 1.54) is 6.07 Å². The molecular weight excluding hydrogens is 280 g/mol.